The summed E-state index contributed by atoms with van der Waals surface area (Å²) >= 11 is 1.43. The number of aryl methyl sites for hydroxylation is 1. The molecule has 0 aliphatic heterocycles. The highest BCUT2D eigenvalue weighted by Gasteiger charge is 2.06. The molecule has 1 aromatic heterocycles. The molecule has 1 heterocycles. The van der Waals surface area contributed by atoms with Gasteiger partial charge in [0.15, 0.2) is 0 Å². The van der Waals surface area contributed by atoms with E-state index in [1.165, 1.54) is 11.8 Å². The van der Waals surface area contributed by atoms with Gasteiger partial charge in [-0.2, -0.15) is 0 Å². The van der Waals surface area contributed by atoms with Crippen molar-refractivity contribution in [2.24, 2.45) is 7.05 Å². The molecular formula is C9H11N5OS. The molecule has 0 unspecified atom stereocenters. The van der Waals surface area contributed by atoms with Crippen LogP contribution in [0.4, 0.5) is 5.69 Å². The molecule has 0 aliphatic rings. The van der Waals surface area contributed by atoms with E-state index in [4.69, 9.17) is 10.5 Å². The molecule has 2 aromatic rings. The molecule has 7 heteroatoms. The van der Waals surface area contributed by atoms with E-state index >= 15 is 0 Å². The monoisotopic (exact) mass is 237 g/mol. The number of aromatic nitrogens is 4. The summed E-state index contributed by atoms with van der Waals surface area (Å²) in [4.78, 5) is 0.940. The molecule has 0 atom stereocenters. The molecule has 0 saturated heterocycles. The third kappa shape index (κ3) is 2.25. The Morgan fingerprint density at radius 1 is 1.38 bits per heavy atom. The van der Waals surface area contributed by atoms with Crippen LogP contribution >= 0.6 is 11.8 Å². The average molecular weight is 237 g/mol. The number of hydrogen-bond acceptors (Lipinski definition) is 6. The summed E-state index contributed by atoms with van der Waals surface area (Å²) in [6.07, 6.45) is 0. The van der Waals surface area contributed by atoms with Gasteiger partial charge < -0.3 is 10.5 Å². The fourth-order valence-corrected chi connectivity index (χ4v) is 2.01. The number of rotatable bonds is 3. The van der Waals surface area contributed by atoms with Gasteiger partial charge in [0.05, 0.1) is 7.11 Å². The van der Waals surface area contributed by atoms with Crippen LogP contribution in [-0.2, 0) is 7.05 Å². The second kappa shape index (κ2) is 4.40. The van der Waals surface area contributed by atoms with Gasteiger partial charge in [0, 0.05) is 23.7 Å². The van der Waals surface area contributed by atoms with Crippen molar-refractivity contribution in [2.45, 2.75) is 10.1 Å². The molecule has 0 radical (unpaired) electrons. The van der Waals surface area contributed by atoms with Crippen molar-refractivity contribution >= 4 is 17.4 Å². The maximum Gasteiger partial charge on any atom is 0.213 e. The van der Waals surface area contributed by atoms with Crippen LogP contribution in [-0.4, -0.2) is 27.3 Å². The first-order chi connectivity index (χ1) is 7.69. The Morgan fingerprint density at radius 3 is 2.81 bits per heavy atom. The lowest BCUT2D eigenvalue weighted by atomic mass is 10.3. The van der Waals surface area contributed by atoms with Crippen molar-refractivity contribution in [3.05, 3.63) is 18.2 Å². The minimum absolute atomic E-state index is 0.650. The first kappa shape index (κ1) is 10.7. The summed E-state index contributed by atoms with van der Waals surface area (Å²) in [5.41, 5.74) is 6.40. The number of nitrogen functional groups attached to an aromatic ring is 1. The Bertz CT molecular complexity index is 498. The average Bonchev–Trinajstić information content (AvgIpc) is 2.63. The zero-order valence-corrected chi connectivity index (χ0v) is 9.73. The second-order valence-corrected chi connectivity index (χ2v) is 4.17. The number of hydrogen-bond donors (Lipinski definition) is 1. The predicted molar refractivity (Wildman–Crippen MR) is 60.3 cm³/mol. The van der Waals surface area contributed by atoms with E-state index in [1.807, 2.05) is 12.1 Å². The molecule has 6 nitrogen and oxygen atoms in total. The van der Waals surface area contributed by atoms with Gasteiger partial charge in [0.25, 0.3) is 0 Å². The standard InChI is InChI=1S/C9H11N5OS/c1-14-9(11-12-13-14)16-8-4-6(10)3-7(5-8)15-2/h3-5H,10H2,1-2H3. The van der Waals surface area contributed by atoms with Gasteiger partial charge in [0.2, 0.25) is 5.16 Å². The van der Waals surface area contributed by atoms with Gasteiger partial charge in [-0.15, -0.1) is 5.10 Å². The molecule has 2 rings (SSSR count). The highest BCUT2D eigenvalue weighted by Crippen LogP contribution is 2.30. The van der Waals surface area contributed by atoms with Crippen LogP contribution in [0.2, 0.25) is 0 Å². The van der Waals surface area contributed by atoms with Gasteiger partial charge >= 0.3 is 0 Å². The number of tetrazole rings is 1. The van der Waals surface area contributed by atoms with Crippen LogP contribution < -0.4 is 10.5 Å². The van der Waals surface area contributed by atoms with Crippen molar-refractivity contribution in [1.29, 1.82) is 0 Å². The third-order valence-corrected chi connectivity index (χ3v) is 2.93. The molecule has 1 aromatic carbocycles. The van der Waals surface area contributed by atoms with Crippen LogP contribution in [0.3, 0.4) is 0 Å². The lowest BCUT2D eigenvalue weighted by molar-refractivity contribution is 0.414. The number of anilines is 1. The number of ether oxygens (including phenoxy) is 1. The predicted octanol–water partition coefficient (Wildman–Crippen LogP) is 0.952. The van der Waals surface area contributed by atoms with Crippen molar-refractivity contribution in [1.82, 2.24) is 20.2 Å². The largest absolute Gasteiger partial charge is 0.497 e. The lowest BCUT2D eigenvalue weighted by Crippen LogP contribution is -1.93. The smallest absolute Gasteiger partial charge is 0.213 e. The van der Waals surface area contributed by atoms with E-state index in [0.717, 1.165) is 10.6 Å². The van der Waals surface area contributed by atoms with Crippen LogP contribution in [0, 0.1) is 0 Å². The Hall–Kier alpha value is -1.76. The van der Waals surface area contributed by atoms with E-state index in [9.17, 15) is 0 Å². The number of benzene rings is 1. The molecule has 0 bridgehead atoms. The van der Waals surface area contributed by atoms with Crippen LogP contribution in [0.1, 0.15) is 0 Å². The normalized spacial score (nSPS) is 10.4. The second-order valence-electron chi connectivity index (χ2n) is 3.13. The summed E-state index contributed by atoms with van der Waals surface area (Å²) < 4.78 is 6.73. The number of methoxy groups -OCH3 is 1. The summed E-state index contributed by atoms with van der Waals surface area (Å²) in [6, 6.07) is 5.50. The topological polar surface area (TPSA) is 78.8 Å². The molecule has 0 amide bonds. The summed E-state index contributed by atoms with van der Waals surface area (Å²) in [5.74, 6) is 0.720. The van der Waals surface area contributed by atoms with E-state index in [1.54, 1.807) is 24.9 Å². The van der Waals surface area contributed by atoms with Gasteiger partial charge in [-0.05, 0) is 34.3 Å². The maximum atomic E-state index is 5.75. The van der Waals surface area contributed by atoms with Gasteiger partial charge in [0.1, 0.15) is 5.75 Å². The summed E-state index contributed by atoms with van der Waals surface area (Å²) in [6.45, 7) is 0. The Labute approximate surface area is 96.8 Å². The third-order valence-electron chi connectivity index (χ3n) is 1.93. The molecule has 0 aliphatic carbocycles. The maximum absolute atomic E-state index is 5.75. The van der Waals surface area contributed by atoms with Crippen molar-refractivity contribution in [3.63, 3.8) is 0 Å². The van der Waals surface area contributed by atoms with E-state index in [2.05, 4.69) is 15.5 Å². The van der Waals surface area contributed by atoms with Crippen molar-refractivity contribution < 1.29 is 4.74 Å². The Kier molecular flexibility index (Phi) is 2.95. The Morgan fingerprint density at radius 2 is 2.19 bits per heavy atom. The quantitative estimate of drug-likeness (QED) is 0.801. The van der Waals surface area contributed by atoms with Crippen molar-refractivity contribution in [3.8, 4) is 5.75 Å². The summed E-state index contributed by atoms with van der Waals surface area (Å²) in [7, 11) is 3.39. The highest BCUT2D eigenvalue weighted by atomic mass is 32.2. The van der Waals surface area contributed by atoms with Crippen molar-refractivity contribution in [2.75, 3.05) is 12.8 Å². The fraction of sp³-hybridized carbons (Fsp3) is 0.222. The molecule has 2 N–H and O–H groups in total. The van der Waals surface area contributed by atoms with Crippen LogP contribution in [0.25, 0.3) is 0 Å². The van der Waals surface area contributed by atoms with Crippen LogP contribution in [0.5, 0.6) is 5.75 Å². The Balaban J connectivity index is 2.28. The first-order valence-corrected chi connectivity index (χ1v) is 5.35. The highest BCUT2D eigenvalue weighted by molar-refractivity contribution is 7.99. The van der Waals surface area contributed by atoms with Gasteiger partial charge in [-0.25, -0.2) is 4.68 Å². The SMILES string of the molecule is COc1cc(N)cc(Sc2nnnn2C)c1. The van der Waals surface area contributed by atoms with E-state index < -0.39 is 0 Å². The molecule has 16 heavy (non-hydrogen) atoms. The molecule has 0 fully saturated rings. The van der Waals surface area contributed by atoms with Gasteiger partial charge in [-0.3, -0.25) is 0 Å². The van der Waals surface area contributed by atoms with E-state index in [-0.39, 0.29) is 0 Å². The zero-order chi connectivity index (χ0) is 11.5. The number of nitrogens with two attached hydrogens (primary N) is 1. The minimum atomic E-state index is 0.650. The molecular weight excluding hydrogens is 226 g/mol. The van der Waals surface area contributed by atoms with E-state index in [0.29, 0.717) is 10.8 Å². The summed E-state index contributed by atoms with van der Waals surface area (Å²) in [5, 5.41) is 11.9. The molecule has 0 saturated carbocycles. The first-order valence-electron chi connectivity index (χ1n) is 4.54. The lowest BCUT2D eigenvalue weighted by Gasteiger charge is -2.05. The fourth-order valence-electron chi connectivity index (χ4n) is 1.18. The molecule has 0 spiro atoms. The minimum Gasteiger partial charge on any atom is -0.497 e. The molecule has 84 valence electrons. The van der Waals surface area contributed by atoms with Crippen LogP contribution in [0.15, 0.2) is 28.3 Å². The number of nitrogens with zero attached hydrogens (tertiary/aromatic N) is 4. The zero-order valence-electron chi connectivity index (χ0n) is 8.91. The van der Waals surface area contributed by atoms with Gasteiger partial charge in [-0.1, -0.05) is 0 Å².